The molecule has 1 unspecified atom stereocenters. The lowest BCUT2D eigenvalue weighted by Crippen LogP contribution is -2.43. The second kappa shape index (κ2) is 4.28. The van der Waals surface area contributed by atoms with E-state index in [0.717, 1.165) is 0 Å². The molecular formula is C8H14N4O3. The number of carbonyl (C=O) groups is 1. The molecule has 1 rings (SSSR count). The maximum atomic E-state index is 11.4. The summed E-state index contributed by atoms with van der Waals surface area (Å²) in [6.45, 7) is 0.925. The lowest BCUT2D eigenvalue weighted by atomic mass is 10.1. The molecule has 0 radical (unpaired) electrons. The van der Waals surface area contributed by atoms with Crippen molar-refractivity contribution >= 4 is 11.7 Å². The van der Waals surface area contributed by atoms with Crippen LogP contribution in [-0.2, 0) is 0 Å². The van der Waals surface area contributed by atoms with Crippen molar-refractivity contribution in [3.63, 3.8) is 0 Å². The van der Waals surface area contributed by atoms with Crippen LogP contribution in [-0.4, -0.2) is 45.1 Å². The standard InChI is InChI=1S/C8H14N4O3/c1-8(15,4-13)3-10-7(14)5-2-6(9)12-11-5/h2,13,15H,3-4H2,1H3,(H,10,14)(H3,9,11,12). The van der Waals surface area contributed by atoms with Crippen molar-refractivity contribution in [2.75, 3.05) is 18.9 Å². The second-order valence-corrected chi connectivity index (χ2v) is 3.54. The highest BCUT2D eigenvalue weighted by atomic mass is 16.3. The van der Waals surface area contributed by atoms with E-state index < -0.39 is 18.1 Å². The van der Waals surface area contributed by atoms with Gasteiger partial charge in [0.15, 0.2) is 0 Å². The van der Waals surface area contributed by atoms with Gasteiger partial charge in [-0.3, -0.25) is 9.89 Å². The van der Waals surface area contributed by atoms with Gasteiger partial charge in [-0.25, -0.2) is 0 Å². The molecule has 1 atom stereocenters. The van der Waals surface area contributed by atoms with Crippen molar-refractivity contribution in [3.8, 4) is 0 Å². The number of rotatable bonds is 4. The fraction of sp³-hybridized carbons (Fsp3) is 0.500. The summed E-state index contributed by atoms with van der Waals surface area (Å²) in [5.74, 6) is -0.220. The van der Waals surface area contributed by atoms with Gasteiger partial charge in [-0.1, -0.05) is 0 Å². The van der Waals surface area contributed by atoms with E-state index in [1.807, 2.05) is 0 Å². The van der Waals surface area contributed by atoms with Gasteiger partial charge in [0, 0.05) is 12.6 Å². The van der Waals surface area contributed by atoms with Crippen molar-refractivity contribution in [2.45, 2.75) is 12.5 Å². The fourth-order valence-corrected chi connectivity index (χ4v) is 0.875. The quantitative estimate of drug-likeness (QED) is 0.415. The fourth-order valence-electron chi connectivity index (χ4n) is 0.875. The van der Waals surface area contributed by atoms with Crippen LogP contribution >= 0.6 is 0 Å². The van der Waals surface area contributed by atoms with E-state index in [1.54, 1.807) is 0 Å². The van der Waals surface area contributed by atoms with Crippen LogP contribution in [0.25, 0.3) is 0 Å². The third-order valence-corrected chi connectivity index (χ3v) is 1.81. The molecule has 0 aromatic carbocycles. The normalized spacial score (nSPS) is 14.6. The summed E-state index contributed by atoms with van der Waals surface area (Å²) in [4.78, 5) is 11.4. The lowest BCUT2D eigenvalue weighted by molar-refractivity contribution is 0.00316. The van der Waals surface area contributed by atoms with Crippen LogP contribution in [0.5, 0.6) is 0 Å². The summed E-state index contributed by atoms with van der Waals surface area (Å²) in [6.07, 6.45) is 0. The number of hydrogen-bond acceptors (Lipinski definition) is 5. The first kappa shape index (κ1) is 11.5. The van der Waals surface area contributed by atoms with Gasteiger partial charge in [0.05, 0.1) is 6.61 Å². The van der Waals surface area contributed by atoms with Crippen LogP contribution < -0.4 is 11.1 Å². The molecule has 1 heterocycles. The van der Waals surface area contributed by atoms with Crippen LogP contribution in [0.15, 0.2) is 6.07 Å². The third kappa shape index (κ3) is 3.22. The van der Waals surface area contributed by atoms with Gasteiger partial charge in [0.1, 0.15) is 17.1 Å². The summed E-state index contributed by atoms with van der Waals surface area (Å²) in [5, 5.41) is 26.6. The molecule has 1 aromatic heterocycles. The number of nitrogens with two attached hydrogens (primary N) is 1. The topological polar surface area (TPSA) is 124 Å². The minimum Gasteiger partial charge on any atom is -0.393 e. The summed E-state index contributed by atoms with van der Waals surface area (Å²) < 4.78 is 0. The molecule has 0 spiro atoms. The molecule has 7 nitrogen and oxygen atoms in total. The van der Waals surface area contributed by atoms with E-state index in [4.69, 9.17) is 10.8 Å². The molecule has 1 amide bonds. The average Bonchev–Trinajstić information content (AvgIpc) is 2.61. The number of aliphatic hydroxyl groups excluding tert-OH is 1. The number of nitrogen functional groups attached to an aromatic ring is 1. The van der Waals surface area contributed by atoms with Gasteiger partial charge >= 0.3 is 0 Å². The minimum atomic E-state index is -1.33. The van der Waals surface area contributed by atoms with Crippen molar-refractivity contribution < 1.29 is 15.0 Å². The molecule has 0 fully saturated rings. The second-order valence-electron chi connectivity index (χ2n) is 3.54. The Hall–Kier alpha value is -1.60. The number of aromatic amines is 1. The van der Waals surface area contributed by atoms with Crippen LogP contribution in [0, 0.1) is 0 Å². The highest BCUT2D eigenvalue weighted by molar-refractivity contribution is 5.92. The Morgan fingerprint density at radius 3 is 2.93 bits per heavy atom. The van der Waals surface area contributed by atoms with Gasteiger partial charge in [-0.05, 0) is 6.92 Å². The molecular weight excluding hydrogens is 200 g/mol. The third-order valence-electron chi connectivity index (χ3n) is 1.81. The number of H-pyrrole nitrogens is 1. The monoisotopic (exact) mass is 214 g/mol. The molecule has 0 bridgehead atoms. The average molecular weight is 214 g/mol. The molecule has 15 heavy (non-hydrogen) atoms. The number of aliphatic hydroxyl groups is 2. The highest BCUT2D eigenvalue weighted by Gasteiger charge is 2.20. The molecule has 7 heteroatoms. The van der Waals surface area contributed by atoms with Crippen LogP contribution in [0.3, 0.4) is 0 Å². The first-order valence-electron chi connectivity index (χ1n) is 4.37. The Balaban J connectivity index is 2.50. The first-order chi connectivity index (χ1) is 6.94. The van der Waals surface area contributed by atoms with Gasteiger partial charge in [-0.15, -0.1) is 0 Å². The number of nitrogens with one attached hydrogen (secondary N) is 2. The minimum absolute atomic E-state index is 0.0543. The molecule has 0 saturated heterocycles. The Morgan fingerprint density at radius 1 is 1.80 bits per heavy atom. The summed E-state index contributed by atoms with van der Waals surface area (Å²) in [6, 6.07) is 1.38. The van der Waals surface area contributed by atoms with Crippen LogP contribution in [0.1, 0.15) is 17.4 Å². The molecule has 0 saturated carbocycles. The number of anilines is 1. The van der Waals surface area contributed by atoms with Crippen LogP contribution in [0.2, 0.25) is 0 Å². The predicted molar refractivity (Wildman–Crippen MR) is 53.0 cm³/mol. The number of carbonyl (C=O) groups excluding carboxylic acids is 1. The summed E-state index contributed by atoms with van der Waals surface area (Å²) >= 11 is 0. The lowest BCUT2D eigenvalue weighted by Gasteiger charge is -2.20. The molecule has 0 aliphatic carbocycles. The number of amides is 1. The Labute approximate surface area is 86.3 Å². The molecule has 1 aromatic rings. The predicted octanol–water partition coefficient (Wildman–Crippen LogP) is -1.54. The zero-order valence-corrected chi connectivity index (χ0v) is 8.32. The molecule has 6 N–H and O–H groups in total. The van der Waals surface area contributed by atoms with Crippen LogP contribution in [0.4, 0.5) is 5.82 Å². The van der Waals surface area contributed by atoms with E-state index >= 15 is 0 Å². The molecule has 0 aliphatic rings. The summed E-state index contributed by atoms with van der Waals surface area (Å²) in [5.41, 5.74) is 4.19. The van der Waals surface area contributed by atoms with E-state index in [1.165, 1.54) is 13.0 Å². The van der Waals surface area contributed by atoms with Crippen molar-refractivity contribution in [1.82, 2.24) is 15.5 Å². The molecule has 0 aliphatic heterocycles. The molecule has 84 valence electrons. The van der Waals surface area contributed by atoms with E-state index in [9.17, 15) is 9.90 Å². The van der Waals surface area contributed by atoms with Crippen molar-refractivity contribution in [2.24, 2.45) is 0 Å². The smallest absolute Gasteiger partial charge is 0.269 e. The van der Waals surface area contributed by atoms with Crippen molar-refractivity contribution in [1.29, 1.82) is 0 Å². The maximum absolute atomic E-state index is 11.4. The zero-order valence-electron chi connectivity index (χ0n) is 8.32. The van der Waals surface area contributed by atoms with E-state index in [0.29, 0.717) is 0 Å². The summed E-state index contributed by atoms with van der Waals surface area (Å²) in [7, 11) is 0. The van der Waals surface area contributed by atoms with Gasteiger partial charge in [0.25, 0.3) is 5.91 Å². The van der Waals surface area contributed by atoms with Gasteiger partial charge in [0.2, 0.25) is 0 Å². The largest absolute Gasteiger partial charge is 0.393 e. The van der Waals surface area contributed by atoms with Gasteiger partial charge < -0.3 is 21.3 Å². The Morgan fingerprint density at radius 2 is 2.47 bits per heavy atom. The zero-order chi connectivity index (χ0) is 11.5. The Bertz CT molecular complexity index is 347. The van der Waals surface area contributed by atoms with E-state index in [2.05, 4.69) is 15.5 Å². The van der Waals surface area contributed by atoms with E-state index in [-0.39, 0.29) is 18.1 Å². The number of nitrogens with zero attached hydrogens (tertiary/aromatic N) is 1. The number of aromatic nitrogens is 2. The maximum Gasteiger partial charge on any atom is 0.269 e. The number of hydrogen-bond donors (Lipinski definition) is 5. The Kier molecular flexibility index (Phi) is 3.28. The SMILES string of the molecule is CC(O)(CO)CNC(=O)c1cc(N)n[nH]1. The highest BCUT2D eigenvalue weighted by Crippen LogP contribution is 2.02. The first-order valence-corrected chi connectivity index (χ1v) is 4.37. The van der Waals surface area contributed by atoms with Crippen molar-refractivity contribution in [3.05, 3.63) is 11.8 Å². The van der Waals surface area contributed by atoms with Gasteiger partial charge in [-0.2, -0.15) is 5.10 Å².